The molecule has 2 rings (SSSR count). The monoisotopic (exact) mass is 136 g/mol. The van der Waals surface area contributed by atoms with E-state index in [0.29, 0.717) is 12.5 Å². The summed E-state index contributed by atoms with van der Waals surface area (Å²) in [7, 11) is 0. The molecule has 2 aliphatic rings. The molecule has 1 aliphatic carbocycles. The lowest BCUT2D eigenvalue weighted by molar-refractivity contribution is -0.135. The average molecular weight is 136 g/mol. The number of rotatable bonds is 0. The van der Waals surface area contributed by atoms with E-state index in [1.807, 2.05) is 12.2 Å². The highest BCUT2D eigenvalue weighted by Crippen LogP contribution is 2.27. The fraction of sp³-hybridized carbons (Fsp3) is 0.375. The Kier molecular flexibility index (Phi) is 1.13. The van der Waals surface area contributed by atoms with Gasteiger partial charge in [0.25, 0.3) is 0 Å². The second-order valence-corrected chi connectivity index (χ2v) is 2.58. The Labute approximate surface area is 59.2 Å². The van der Waals surface area contributed by atoms with Crippen LogP contribution in [0, 0.1) is 5.92 Å². The van der Waals surface area contributed by atoms with Crippen molar-refractivity contribution in [2.24, 2.45) is 5.92 Å². The molecular weight excluding hydrogens is 128 g/mol. The number of cyclic esters (lactones) is 1. The van der Waals surface area contributed by atoms with Gasteiger partial charge in [0.2, 0.25) is 0 Å². The topological polar surface area (TPSA) is 26.3 Å². The molecule has 1 fully saturated rings. The number of hydrogen-bond donors (Lipinski definition) is 0. The molecule has 0 aromatic rings. The molecule has 0 N–H and O–H groups in total. The second-order valence-electron chi connectivity index (χ2n) is 2.58. The van der Waals surface area contributed by atoms with Gasteiger partial charge in [0.1, 0.15) is 0 Å². The van der Waals surface area contributed by atoms with Crippen LogP contribution in [0.5, 0.6) is 0 Å². The second kappa shape index (κ2) is 1.97. The number of ether oxygens (including phenoxy) is 1. The Morgan fingerprint density at radius 3 is 3.30 bits per heavy atom. The predicted molar refractivity (Wildman–Crippen MR) is 36.3 cm³/mol. The Balaban J connectivity index is 2.33. The molecule has 0 spiro atoms. The SMILES string of the molecule is O=C1OCC2CC=CC=C12. The van der Waals surface area contributed by atoms with E-state index in [4.69, 9.17) is 4.74 Å². The van der Waals surface area contributed by atoms with Gasteiger partial charge in [-0.25, -0.2) is 4.79 Å². The average Bonchev–Trinajstić information content (AvgIpc) is 2.34. The molecule has 52 valence electrons. The van der Waals surface area contributed by atoms with Gasteiger partial charge in [-0.05, 0) is 6.42 Å². The standard InChI is InChI=1S/C8H8O2/c9-8-7-4-2-1-3-6(7)5-10-8/h1-2,4,6H,3,5H2. The van der Waals surface area contributed by atoms with Gasteiger partial charge in [-0.2, -0.15) is 0 Å². The van der Waals surface area contributed by atoms with Crippen LogP contribution < -0.4 is 0 Å². The summed E-state index contributed by atoms with van der Waals surface area (Å²) in [6.07, 6.45) is 6.79. The summed E-state index contributed by atoms with van der Waals surface area (Å²) in [5.74, 6) is 0.215. The van der Waals surface area contributed by atoms with E-state index in [0.717, 1.165) is 12.0 Å². The molecule has 0 amide bonds. The van der Waals surface area contributed by atoms with Crippen LogP contribution in [0.3, 0.4) is 0 Å². The molecule has 1 atom stereocenters. The number of carbonyl (C=O) groups excluding carboxylic acids is 1. The third-order valence-corrected chi connectivity index (χ3v) is 1.92. The summed E-state index contributed by atoms with van der Waals surface area (Å²) in [6, 6.07) is 0. The lowest BCUT2D eigenvalue weighted by Crippen LogP contribution is -2.04. The number of carbonyl (C=O) groups is 1. The number of allylic oxidation sites excluding steroid dienone is 3. The van der Waals surface area contributed by atoms with Crippen molar-refractivity contribution < 1.29 is 9.53 Å². The van der Waals surface area contributed by atoms with Crippen LogP contribution in [-0.4, -0.2) is 12.6 Å². The van der Waals surface area contributed by atoms with Crippen LogP contribution in [0.15, 0.2) is 23.8 Å². The highest BCUT2D eigenvalue weighted by molar-refractivity contribution is 5.91. The van der Waals surface area contributed by atoms with Gasteiger partial charge in [-0.3, -0.25) is 0 Å². The Morgan fingerprint density at radius 1 is 1.60 bits per heavy atom. The summed E-state index contributed by atoms with van der Waals surface area (Å²) in [4.78, 5) is 10.9. The van der Waals surface area contributed by atoms with Crippen LogP contribution in [0.1, 0.15) is 6.42 Å². The fourth-order valence-corrected chi connectivity index (χ4v) is 1.33. The summed E-state index contributed by atoms with van der Waals surface area (Å²) in [6.45, 7) is 0.578. The minimum absolute atomic E-state index is 0.130. The van der Waals surface area contributed by atoms with Crippen molar-refractivity contribution in [3.8, 4) is 0 Å². The van der Waals surface area contributed by atoms with Gasteiger partial charge in [0.05, 0.1) is 6.61 Å². The Morgan fingerprint density at radius 2 is 2.50 bits per heavy atom. The summed E-state index contributed by atoms with van der Waals surface area (Å²) < 4.78 is 4.85. The van der Waals surface area contributed by atoms with E-state index in [1.165, 1.54) is 0 Å². The maximum Gasteiger partial charge on any atom is 0.334 e. The van der Waals surface area contributed by atoms with Crippen LogP contribution >= 0.6 is 0 Å². The van der Waals surface area contributed by atoms with Gasteiger partial charge in [0, 0.05) is 11.5 Å². The maximum atomic E-state index is 10.9. The number of fused-ring (bicyclic) bond motifs is 1. The van der Waals surface area contributed by atoms with E-state index in [-0.39, 0.29) is 5.97 Å². The summed E-state index contributed by atoms with van der Waals surface area (Å²) in [5.41, 5.74) is 0.850. The smallest absolute Gasteiger partial charge is 0.334 e. The van der Waals surface area contributed by atoms with Crippen molar-refractivity contribution in [2.45, 2.75) is 6.42 Å². The van der Waals surface area contributed by atoms with E-state index < -0.39 is 0 Å². The van der Waals surface area contributed by atoms with Crippen molar-refractivity contribution >= 4 is 5.97 Å². The normalized spacial score (nSPS) is 29.4. The predicted octanol–water partition coefficient (Wildman–Crippen LogP) is 1.05. The molecule has 0 aromatic heterocycles. The van der Waals surface area contributed by atoms with Gasteiger partial charge in [-0.15, -0.1) is 0 Å². The lowest BCUT2D eigenvalue weighted by Gasteiger charge is -2.05. The van der Waals surface area contributed by atoms with Crippen LogP contribution in [-0.2, 0) is 9.53 Å². The first-order chi connectivity index (χ1) is 4.88. The van der Waals surface area contributed by atoms with Crippen molar-refractivity contribution in [2.75, 3.05) is 6.61 Å². The molecule has 1 aliphatic heterocycles. The molecule has 0 aromatic carbocycles. The van der Waals surface area contributed by atoms with Crippen molar-refractivity contribution in [1.29, 1.82) is 0 Å². The fourth-order valence-electron chi connectivity index (χ4n) is 1.33. The van der Waals surface area contributed by atoms with Crippen molar-refractivity contribution in [3.05, 3.63) is 23.8 Å². The minimum Gasteiger partial charge on any atom is -0.462 e. The van der Waals surface area contributed by atoms with Gasteiger partial charge in [0.15, 0.2) is 0 Å². The quantitative estimate of drug-likeness (QED) is 0.465. The van der Waals surface area contributed by atoms with Gasteiger partial charge < -0.3 is 4.74 Å². The highest BCUT2D eigenvalue weighted by atomic mass is 16.5. The Bertz CT molecular complexity index is 225. The third kappa shape index (κ3) is 0.685. The van der Waals surface area contributed by atoms with E-state index in [9.17, 15) is 4.79 Å². The highest BCUT2D eigenvalue weighted by Gasteiger charge is 2.29. The van der Waals surface area contributed by atoms with E-state index >= 15 is 0 Å². The van der Waals surface area contributed by atoms with Crippen LogP contribution in [0.2, 0.25) is 0 Å². The number of esters is 1. The van der Waals surface area contributed by atoms with Crippen LogP contribution in [0.25, 0.3) is 0 Å². The molecule has 1 unspecified atom stereocenters. The summed E-state index contributed by atoms with van der Waals surface area (Å²) in [5, 5.41) is 0. The zero-order chi connectivity index (χ0) is 6.97. The molecule has 2 heteroatoms. The molecule has 2 nitrogen and oxygen atoms in total. The molecule has 0 saturated carbocycles. The molecule has 0 radical (unpaired) electrons. The van der Waals surface area contributed by atoms with Crippen LogP contribution in [0.4, 0.5) is 0 Å². The minimum atomic E-state index is -0.130. The first-order valence-corrected chi connectivity index (χ1v) is 3.42. The maximum absolute atomic E-state index is 10.9. The molecule has 1 saturated heterocycles. The molecular formula is C8H8O2. The van der Waals surface area contributed by atoms with Gasteiger partial charge >= 0.3 is 5.97 Å². The third-order valence-electron chi connectivity index (χ3n) is 1.92. The first-order valence-electron chi connectivity index (χ1n) is 3.42. The summed E-state index contributed by atoms with van der Waals surface area (Å²) >= 11 is 0. The Hall–Kier alpha value is -1.05. The van der Waals surface area contributed by atoms with Crippen molar-refractivity contribution in [1.82, 2.24) is 0 Å². The van der Waals surface area contributed by atoms with E-state index in [1.54, 1.807) is 0 Å². The van der Waals surface area contributed by atoms with Crippen molar-refractivity contribution in [3.63, 3.8) is 0 Å². The molecule has 10 heavy (non-hydrogen) atoms. The zero-order valence-electron chi connectivity index (χ0n) is 5.54. The molecule has 1 heterocycles. The first kappa shape index (κ1) is 5.71. The molecule has 0 bridgehead atoms. The lowest BCUT2D eigenvalue weighted by atomic mass is 9.95. The van der Waals surface area contributed by atoms with E-state index in [2.05, 4.69) is 6.08 Å². The number of hydrogen-bond acceptors (Lipinski definition) is 2. The zero-order valence-corrected chi connectivity index (χ0v) is 5.54. The van der Waals surface area contributed by atoms with Gasteiger partial charge in [-0.1, -0.05) is 18.2 Å². The largest absolute Gasteiger partial charge is 0.462 e.